The molecule has 2 aromatic rings. The van der Waals surface area contributed by atoms with E-state index >= 15 is 0 Å². The molecular formula is C19H23NO4S2. The third kappa shape index (κ3) is 3.84. The van der Waals surface area contributed by atoms with E-state index in [0.717, 1.165) is 5.56 Å². The highest BCUT2D eigenvalue weighted by Crippen LogP contribution is 2.37. The van der Waals surface area contributed by atoms with Crippen LogP contribution in [0.3, 0.4) is 0 Å². The van der Waals surface area contributed by atoms with Gasteiger partial charge in [-0.2, -0.15) is 15.6 Å². The molecular weight excluding hydrogens is 370 g/mol. The molecule has 0 spiro atoms. The summed E-state index contributed by atoms with van der Waals surface area (Å²) in [5, 5.41) is 3.38. The molecule has 5 nitrogen and oxygen atoms in total. The summed E-state index contributed by atoms with van der Waals surface area (Å²) >= 11 is 1.35. The van der Waals surface area contributed by atoms with Crippen molar-refractivity contribution in [2.24, 2.45) is 5.41 Å². The van der Waals surface area contributed by atoms with Crippen LogP contribution in [0.2, 0.25) is 0 Å². The molecule has 2 heterocycles. The maximum Gasteiger partial charge on any atom is 0.313 e. The zero-order valence-corrected chi connectivity index (χ0v) is 16.4. The molecule has 1 aromatic carbocycles. The van der Waals surface area contributed by atoms with Gasteiger partial charge in [-0.3, -0.25) is 4.79 Å². The molecule has 0 saturated carbocycles. The van der Waals surface area contributed by atoms with Crippen molar-refractivity contribution in [3.63, 3.8) is 0 Å². The van der Waals surface area contributed by atoms with Crippen LogP contribution in [0.1, 0.15) is 25.3 Å². The summed E-state index contributed by atoms with van der Waals surface area (Å²) < 4.78 is 32.7. The van der Waals surface area contributed by atoms with Crippen LogP contribution in [-0.2, 0) is 26.0 Å². The summed E-state index contributed by atoms with van der Waals surface area (Å²) in [7, 11) is -3.59. The Bertz CT molecular complexity index is 834. The number of nitrogens with zero attached hydrogens (tertiary/aromatic N) is 1. The van der Waals surface area contributed by atoms with Crippen LogP contribution in [-0.4, -0.2) is 38.4 Å². The van der Waals surface area contributed by atoms with E-state index in [2.05, 4.69) is 0 Å². The van der Waals surface area contributed by atoms with Gasteiger partial charge in [0.15, 0.2) is 0 Å². The smallest absolute Gasteiger partial charge is 0.313 e. The number of benzene rings is 1. The van der Waals surface area contributed by atoms with Crippen LogP contribution in [0.25, 0.3) is 0 Å². The van der Waals surface area contributed by atoms with E-state index < -0.39 is 15.4 Å². The molecule has 1 saturated heterocycles. The van der Waals surface area contributed by atoms with Crippen LogP contribution in [0, 0.1) is 5.41 Å². The Balaban J connectivity index is 1.92. The lowest BCUT2D eigenvalue weighted by atomic mass is 9.75. The van der Waals surface area contributed by atoms with Crippen LogP contribution < -0.4 is 0 Å². The molecule has 1 aliphatic rings. The third-order valence-corrected chi connectivity index (χ3v) is 7.44. The molecule has 3 rings (SSSR count). The van der Waals surface area contributed by atoms with E-state index in [1.807, 2.05) is 30.3 Å². The summed E-state index contributed by atoms with van der Waals surface area (Å²) in [4.78, 5) is 13.1. The fourth-order valence-electron chi connectivity index (χ4n) is 3.50. The van der Waals surface area contributed by atoms with E-state index in [0.29, 0.717) is 30.7 Å². The zero-order chi connectivity index (χ0) is 18.6. The van der Waals surface area contributed by atoms with Crippen LogP contribution in [0.4, 0.5) is 0 Å². The van der Waals surface area contributed by atoms with Crippen molar-refractivity contribution in [2.45, 2.75) is 31.1 Å². The van der Waals surface area contributed by atoms with Crippen molar-refractivity contribution in [3.05, 3.63) is 52.7 Å². The van der Waals surface area contributed by atoms with Gasteiger partial charge in [-0.15, -0.1) is 0 Å². The quantitative estimate of drug-likeness (QED) is 0.706. The lowest BCUT2D eigenvalue weighted by Crippen LogP contribution is -2.51. The summed E-state index contributed by atoms with van der Waals surface area (Å²) in [6, 6.07) is 11.3. The molecule has 1 fully saturated rings. The molecule has 0 aliphatic carbocycles. The summed E-state index contributed by atoms with van der Waals surface area (Å²) in [6.07, 6.45) is 1.73. The summed E-state index contributed by atoms with van der Waals surface area (Å²) in [6.45, 7) is 2.64. The molecule has 0 unspecified atom stereocenters. The van der Waals surface area contributed by atoms with Gasteiger partial charge in [0, 0.05) is 18.5 Å². The van der Waals surface area contributed by atoms with Gasteiger partial charge in [0.25, 0.3) is 0 Å². The molecule has 0 radical (unpaired) electrons. The second-order valence-electron chi connectivity index (χ2n) is 6.56. The standard InChI is InChI=1S/C19H23NO4S2/c1-2-24-18(21)19(13-16-7-4-3-5-8-16)10-6-11-20(15-19)26(22,23)17-9-12-25-14-17/h3-5,7-9,12,14H,2,6,10-11,13,15H2,1H3/t19-/m1/s1. The predicted octanol–water partition coefficient (Wildman–Crippen LogP) is 3.32. The fraction of sp³-hybridized carbons (Fsp3) is 0.421. The molecule has 140 valence electrons. The third-order valence-electron chi connectivity index (χ3n) is 4.77. The maximum absolute atomic E-state index is 12.9. The Hall–Kier alpha value is -1.70. The Morgan fingerprint density at radius 3 is 2.69 bits per heavy atom. The average molecular weight is 394 g/mol. The largest absolute Gasteiger partial charge is 0.466 e. The lowest BCUT2D eigenvalue weighted by Gasteiger charge is -2.40. The van der Waals surface area contributed by atoms with E-state index in [1.54, 1.807) is 23.8 Å². The first-order valence-corrected chi connectivity index (χ1v) is 11.1. The van der Waals surface area contributed by atoms with E-state index in [1.165, 1.54) is 15.6 Å². The topological polar surface area (TPSA) is 63.7 Å². The van der Waals surface area contributed by atoms with E-state index in [9.17, 15) is 13.2 Å². The van der Waals surface area contributed by atoms with Crippen molar-refractivity contribution in [2.75, 3.05) is 19.7 Å². The van der Waals surface area contributed by atoms with Gasteiger partial charge in [0.1, 0.15) is 0 Å². The van der Waals surface area contributed by atoms with E-state index in [4.69, 9.17) is 4.74 Å². The SMILES string of the molecule is CCOC(=O)[C@@]1(Cc2ccccc2)CCCN(S(=O)(=O)c2ccsc2)C1. The van der Waals surface area contributed by atoms with Gasteiger partial charge < -0.3 is 4.74 Å². The number of ether oxygens (including phenoxy) is 1. The van der Waals surface area contributed by atoms with Crippen molar-refractivity contribution in [1.29, 1.82) is 0 Å². The highest BCUT2D eigenvalue weighted by molar-refractivity contribution is 7.89. The van der Waals surface area contributed by atoms with Gasteiger partial charge in [0.05, 0.1) is 16.9 Å². The number of carbonyl (C=O) groups excluding carboxylic acids is 1. The maximum atomic E-state index is 12.9. The minimum atomic E-state index is -3.59. The number of esters is 1. The van der Waals surface area contributed by atoms with Crippen LogP contribution in [0.15, 0.2) is 52.1 Å². The second kappa shape index (κ2) is 7.90. The Morgan fingerprint density at radius 1 is 1.27 bits per heavy atom. The summed E-state index contributed by atoms with van der Waals surface area (Å²) in [5.41, 5.74) is 0.161. The number of piperidine rings is 1. The fourth-order valence-corrected chi connectivity index (χ4v) is 6.08. The minimum absolute atomic E-state index is 0.152. The lowest BCUT2D eigenvalue weighted by molar-refractivity contribution is -0.157. The molecule has 7 heteroatoms. The first kappa shape index (κ1) is 19.1. The van der Waals surface area contributed by atoms with Gasteiger partial charge in [-0.05, 0) is 43.2 Å². The zero-order valence-electron chi connectivity index (χ0n) is 14.8. The molecule has 0 amide bonds. The first-order chi connectivity index (χ1) is 12.5. The highest BCUT2D eigenvalue weighted by atomic mass is 32.2. The first-order valence-electron chi connectivity index (χ1n) is 8.71. The van der Waals surface area contributed by atoms with Crippen molar-refractivity contribution in [1.82, 2.24) is 4.31 Å². The monoisotopic (exact) mass is 393 g/mol. The number of hydrogen-bond donors (Lipinski definition) is 0. The van der Waals surface area contributed by atoms with Gasteiger partial charge >= 0.3 is 5.97 Å². The van der Waals surface area contributed by atoms with Crippen LogP contribution in [0.5, 0.6) is 0 Å². The van der Waals surface area contributed by atoms with Crippen molar-refractivity contribution >= 4 is 27.3 Å². The molecule has 26 heavy (non-hydrogen) atoms. The normalized spacial score (nSPS) is 21.4. The number of carbonyl (C=O) groups is 1. The Labute approximate surface area is 158 Å². The highest BCUT2D eigenvalue weighted by Gasteiger charge is 2.46. The number of rotatable bonds is 6. The number of sulfonamides is 1. The van der Waals surface area contributed by atoms with Gasteiger partial charge in [0.2, 0.25) is 10.0 Å². The van der Waals surface area contributed by atoms with Crippen LogP contribution >= 0.6 is 11.3 Å². The van der Waals surface area contributed by atoms with Crippen molar-refractivity contribution < 1.29 is 17.9 Å². The minimum Gasteiger partial charge on any atom is -0.466 e. The van der Waals surface area contributed by atoms with Gasteiger partial charge in [-0.1, -0.05) is 30.3 Å². The Kier molecular flexibility index (Phi) is 5.79. The summed E-state index contributed by atoms with van der Waals surface area (Å²) in [5.74, 6) is -0.311. The van der Waals surface area contributed by atoms with Gasteiger partial charge in [-0.25, -0.2) is 8.42 Å². The molecule has 0 bridgehead atoms. The number of thiophene rings is 1. The molecule has 0 N–H and O–H groups in total. The molecule has 1 atom stereocenters. The van der Waals surface area contributed by atoms with Crippen molar-refractivity contribution in [3.8, 4) is 0 Å². The Morgan fingerprint density at radius 2 is 2.04 bits per heavy atom. The molecule has 1 aliphatic heterocycles. The number of hydrogen-bond acceptors (Lipinski definition) is 5. The average Bonchev–Trinajstić information content (AvgIpc) is 3.18. The van der Waals surface area contributed by atoms with E-state index in [-0.39, 0.29) is 19.1 Å². The predicted molar refractivity (Wildman–Crippen MR) is 102 cm³/mol. The second-order valence-corrected chi connectivity index (χ2v) is 9.28. The molecule has 1 aromatic heterocycles.